The Morgan fingerprint density at radius 2 is 1.94 bits per heavy atom. The van der Waals surface area contributed by atoms with E-state index in [1.165, 1.54) is 20.9 Å². The molecule has 0 aromatic carbocycles. The molecule has 8 heteroatoms. The molecule has 8 nitrogen and oxygen atoms in total. The van der Waals surface area contributed by atoms with Crippen molar-refractivity contribution in [3.05, 3.63) is 0 Å². The van der Waals surface area contributed by atoms with Crippen LogP contribution in [0.4, 0.5) is 4.79 Å². The van der Waals surface area contributed by atoms with Crippen LogP contribution < -0.4 is 10.6 Å². The lowest BCUT2D eigenvalue weighted by atomic mass is 10.1. The van der Waals surface area contributed by atoms with Crippen molar-refractivity contribution in [1.82, 2.24) is 15.5 Å². The van der Waals surface area contributed by atoms with E-state index in [9.17, 15) is 19.2 Å². The predicted molar refractivity (Wildman–Crippen MR) is 59.6 cm³/mol. The van der Waals surface area contributed by atoms with E-state index in [1.807, 2.05) is 0 Å². The van der Waals surface area contributed by atoms with E-state index in [-0.39, 0.29) is 12.3 Å². The number of carboxylic acid groups (broad SMARTS) is 1. The van der Waals surface area contributed by atoms with Crippen molar-refractivity contribution in [2.75, 3.05) is 7.05 Å². The lowest BCUT2D eigenvalue weighted by Gasteiger charge is -2.22. The summed E-state index contributed by atoms with van der Waals surface area (Å²) >= 11 is 0. The lowest BCUT2D eigenvalue weighted by molar-refractivity contribution is -0.143. The monoisotopic (exact) mass is 257 g/mol. The summed E-state index contributed by atoms with van der Waals surface area (Å²) in [6.45, 7) is 2.62. The van der Waals surface area contributed by atoms with Crippen LogP contribution in [-0.4, -0.2) is 52.4 Å². The molecule has 0 radical (unpaired) electrons. The summed E-state index contributed by atoms with van der Waals surface area (Å²) in [6, 6.07) is -1.74. The quantitative estimate of drug-likeness (QED) is 0.555. The van der Waals surface area contributed by atoms with E-state index in [2.05, 4.69) is 10.6 Å². The number of nitrogens with zero attached hydrogens (tertiary/aromatic N) is 1. The molecule has 1 aliphatic rings. The van der Waals surface area contributed by atoms with E-state index < -0.39 is 29.5 Å². The van der Waals surface area contributed by atoms with Gasteiger partial charge in [-0.25, -0.2) is 9.59 Å². The molecule has 1 rings (SSSR count). The summed E-state index contributed by atoms with van der Waals surface area (Å²) in [6.07, 6.45) is -0.115. The minimum atomic E-state index is -1.46. The van der Waals surface area contributed by atoms with Crippen LogP contribution in [0.15, 0.2) is 0 Å². The largest absolute Gasteiger partial charge is 0.480 e. The summed E-state index contributed by atoms with van der Waals surface area (Å²) in [5, 5.41) is 13.3. The second kappa shape index (κ2) is 4.63. The number of imide groups is 1. The van der Waals surface area contributed by atoms with Gasteiger partial charge >= 0.3 is 12.0 Å². The summed E-state index contributed by atoms with van der Waals surface area (Å²) < 4.78 is 0. The zero-order valence-electron chi connectivity index (χ0n) is 10.3. The molecule has 0 saturated carbocycles. The Morgan fingerprint density at radius 3 is 2.33 bits per heavy atom. The first kappa shape index (κ1) is 13.9. The van der Waals surface area contributed by atoms with Crippen LogP contribution in [0.2, 0.25) is 0 Å². The highest BCUT2D eigenvalue weighted by Crippen LogP contribution is 2.10. The fourth-order valence-electron chi connectivity index (χ4n) is 1.40. The Bertz CT molecular complexity index is 418. The molecule has 0 spiro atoms. The Labute approximate surface area is 103 Å². The molecule has 1 fully saturated rings. The zero-order valence-corrected chi connectivity index (χ0v) is 10.3. The molecule has 0 aromatic heterocycles. The molecular formula is C10H15N3O5. The van der Waals surface area contributed by atoms with E-state index in [0.717, 1.165) is 4.90 Å². The fourth-order valence-corrected chi connectivity index (χ4v) is 1.40. The molecule has 1 unspecified atom stereocenters. The molecule has 4 amide bonds. The maximum atomic E-state index is 11.5. The number of likely N-dealkylation sites (tertiary alicyclic amines) is 1. The van der Waals surface area contributed by atoms with Gasteiger partial charge in [-0.2, -0.15) is 0 Å². The third kappa shape index (κ3) is 2.76. The predicted octanol–water partition coefficient (Wildman–Crippen LogP) is -1.09. The molecule has 1 aliphatic heterocycles. The summed E-state index contributed by atoms with van der Waals surface area (Å²) in [4.78, 5) is 45.9. The first-order valence-electron chi connectivity index (χ1n) is 5.27. The van der Waals surface area contributed by atoms with E-state index in [0.29, 0.717) is 0 Å². The van der Waals surface area contributed by atoms with Crippen LogP contribution in [0.3, 0.4) is 0 Å². The van der Waals surface area contributed by atoms with Crippen LogP contribution in [0.5, 0.6) is 0 Å². The SMILES string of the molecule is CN1C(=O)CC(NC(=O)NC(C)(C)C(=O)O)C1=O. The van der Waals surface area contributed by atoms with Crippen molar-refractivity contribution in [3.63, 3.8) is 0 Å². The van der Waals surface area contributed by atoms with Gasteiger partial charge in [0.15, 0.2) is 0 Å². The van der Waals surface area contributed by atoms with Crippen LogP contribution in [0.1, 0.15) is 20.3 Å². The van der Waals surface area contributed by atoms with Crippen LogP contribution >= 0.6 is 0 Å². The normalized spacial score (nSPS) is 19.9. The average molecular weight is 257 g/mol. The molecule has 0 bridgehead atoms. The van der Waals surface area contributed by atoms with Crippen molar-refractivity contribution in [1.29, 1.82) is 0 Å². The molecule has 3 N–H and O–H groups in total. The molecule has 1 saturated heterocycles. The zero-order chi connectivity index (χ0) is 14.1. The van der Waals surface area contributed by atoms with Crippen molar-refractivity contribution >= 4 is 23.8 Å². The highest BCUT2D eigenvalue weighted by atomic mass is 16.4. The van der Waals surface area contributed by atoms with E-state index in [4.69, 9.17) is 5.11 Å². The Hall–Kier alpha value is -2.12. The molecule has 1 atom stereocenters. The lowest BCUT2D eigenvalue weighted by Crippen LogP contribution is -2.55. The number of nitrogens with one attached hydrogen (secondary N) is 2. The summed E-state index contributed by atoms with van der Waals surface area (Å²) in [5.74, 6) is -2.10. The third-order valence-electron chi connectivity index (χ3n) is 2.65. The van der Waals surface area contributed by atoms with Gasteiger partial charge in [-0.3, -0.25) is 14.5 Å². The van der Waals surface area contributed by atoms with Gasteiger partial charge < -0.3 is 15.7 Å². The number of rotatable bonds is 3. The first-order valence-corrected chi connectivity index (χ1v) is 5.27. The van der Waals surface area contributed by atoms with Gasteiger partial charge in [0.1, 0.15) is 11.6 Å². The summed E-state index contributed by atoms with van der Waals surface area (Å²) in [5.41, 5.74) is -1.46. The maximum absolute atomic E-state index is 11.5. The van der Waals surface area contributed by atoms with Crippen molar-refractivity contribution in [2.45, 2.75) is 31.8 Å². The number of hydrogen-bond acceptors (Lipinski definition) is 4. The molecule has 18 heavy (non-hydrogen) atoms. The standard InChI is InChI=1S/C10H15N3O5/c1-10(2,8(16)17)12-9(18)11-5-4-6(14)13(3)7(5)15/h5H,4H2,1-3H3,(H,16,17)(H2,11,12,18). The number of carbonyl (C=O) groups excluding carboxylic acids is 3. The fraction of sp³-hybridized carbons (Fsp3) is 0.600. The molecule has 100 valence electrons. The van der Waals surface area contributed by atoms with Crippen LogP contribution in [-0.2, 0) is 14.4 Å². The minimum Gasteiger partial charge on any atom is -0.480 e. The third-order valence-corrected chi connectivity index (χ3v) is 2.65. The minimum absolute atomic E-state index is 0.115. The van der Waals surface area contributed by atoms with E-state index >= 15 is 0 Å². The highest BCUT2D eigenvalue weighted by molar-refractivity contribution is 6.06. The Kier molecular flexibility index (Phi) is 3.59. The molecular weight excluding hydrogens is 242 g/mol. The summed E-state index contributed by atoms with van der Waals surface area (Å²) in [7, 11) is 1.32. The Morgan fingerprint density at radius 1 is 1.39 bits per heavy atom. The van der Waals surface area contributed by atoms with Gasteiger partial charge in [0.25, 0.3) is 5.91 Å². The van der Waals surface area contributed by atoms with Crippen molar-refractivity contribution in [3.8, 4) is 0 Å². The maximum Gasteiger partial charge on any atom is 0.328 e. The average Bonchev–Trinajstić information content (AvgIpc) is 2.45. The van der Waals surface area contributed by atoms with Gasteiger partial charge in [0.2, 0.25) is 5.91 Å². The molecule has 0 aromatic rings. The first-order chi connectivity index (χ1) is 8.15. The molecule has 0 aliphatic carbocycles. The van der Waals surface area contributed by atoms with E-state index in [1.54, 1.807) is 0 Å². The van der Waals surface area contributed by atoms with Gasteiger partial charge in [-0.15, -0.1) is 0 Å². The van der Waals surface area contributed by atoms with Gasteiger partial charge in [-0.05, 0) is 13.8 Å². The smallest absolute Gasteiger partial charge is 0.328 e. The van der Waals surface area contributed by atoms with Gasteiger partial charge in [0.05, 0.1) is 6.42 Å². The van der Waals surface area contributed by atoms with Crippen molar-refractivity contribution < 1.29 is 24.3 Å². The molecule has 1 heterocycles. The van der Waals surface area contributed by atoms with Gasteiger partial charge in [0, 0.05) is 7.05 Å². The second-order valence-corrected chi connectivity index (χ2v) is 4.58. The number of carboxylic acids is 1. The van der Waals surface area contributed by atoms with Crippen LogP contribution in [0.25, 0.3) is 0 Å². The topological polar surface area (TPSA) is 116 Å². The van der Waals surface area contributed by atoms with Crippen LogP contribution in [0, 0.1) is 0 Å². The van der Waals surface area contributed by atoms with Crippen molar-refractivity contribution in [2.24, 2.45) is 0 Å². The second-order valence-electron chi connectivity index (χ2n) is 4.58. The van der Waals surface area contributed by atoms with Gasteiger partial charge in [-0.1, -0.05) is 0 Å². The highest BCUT2D eigenvalue weighted by Gasteiger charge is 2.38. The number of hydrogen-bond donors (Lipinski definition) is 3. The number of likely N-dealkylation sites (N-methyl/N-ethyl adjacent to an activating group) is 1. The number of urea groups is 1. The number of aliphatic carboxylic acids is 1. The Balaban J connectivity index is 2.60. The number of carbonyl (C=O) groups is 4. The number of amides is 4.